The molecule has 4 aromatic rings. The lowest BCUT2D eigenvalue weighted by atomic mass is 10.0. The van der Waals surface area contributed by atoms with Crippen molar-refractivity contribution in [2.75, 3.05) is 61.6 Å². The number of carbonyl (C=O) groups excluding carboxylic acids is 5. The lowest BCUT2D eigenvalue weighted by Gasteiger charge is -2.28. The molecule has 4 N–H and O–H groups in total. The molecule has 0 bridgehead atoms. The number of nitrogens with zero attached hydrogens (tertiary/aromatic N) is 7. The Morgan fingerprint density at radius 1 is 0.967 bits per heavy atom. The van der Waals surface area contributed by atoms with Crippen LogP contribution in [0, 0.1) is 0 Å². The summed E-state index contributed by atoms with van der Waals surface area (Å²) in [6.07, 6.45) is 7.49. The number of amides is 5. The standard InChI is InChI=1S/C43H55N11O6/c1-26(2)31-25-46-54-38(31)49-43(60-29-18-21-52(5)22-19-29)50-42(54)45-24-27-14-15-28(23-34(27)51(3)4)47-35(55)13-8-6-7-9-20-44-32-12-10-11-30-37(32)41(59)53(40(30)58)33-16-17-36(56)48-39(33)57/h10-12,14-15,23,25-26,29,33,44H,6-9,13,16-22,24H2,1-5H3,(H,47,55)(H,45,49,50)(H,48,56,57). The zero-order chi connectivity index (χ0) is 42.5. The van der Waals surface area contributed by atoms with Crippen molar-refractivity contribution in [3.05, 3.63) is 64.8 Å². The molecule has 2 aromatic carbocycles. The van der Waals surface area contributed by atoms with Crippen molar-refractivity contribution in [1.82, 2.24) is 34.7 Å². The second-order valence-corrected chi connectivity index (χ2v) is 16.3. The van der Waals surface area contributed by atoms with Crippen LogP contribution in [0.4, 0.5) is 23.0 Å². The highest BCUT2D eigenvalue weighted by Gasteiger charge is 2.45. The van der Waals surface area contributed by atoms with E-state index in [0.717, 1.165) is 72.6 Å². The van der Waals surface area contributed by atoms with Gasteiger partial charge in [0.1, 0.15) is 12.1 Å². The van der Waals surface area contributed by atoms with E-state index in [0.29, 0.717) is 49.3 Å². The molecule has 0 aliphatic carbocycles. The van der Waals surface area contributed by atoms with Gasteiger partial charge in [-0.05, 0) is 74.9 Å². The number of fused-ring (bicyclic) bond motifs is 2. The fraction of sp³-hybridized carbons (Fsp3) is 0.488. The number of likely N-dealkylation sites (tertiary alicyclic amines) is 1. The maximum Gasteiger partial charge on any atom is 0.322 e. The lowest BCUT2D eigenvalue weighted by molar-refractivity contribution is -0.136. The van der Waals surface area contributed by atoms with Crippen LogP contribution in [0.1, 0.15) is 109 Å². The number of benzene rings is 2. The molecular formula is C43H55N11O6. The third-order valence-electron chi connectivity index (χ3n) is 11.3. The molecule has 0 radical (unpaired) electrons. The summed E-state index contributed by atoms with van der Waals surface area (Å²) in [5.41, 5.74) is 5.43. The van der Waals surface area contributed by atoms with E-state index >= 15 is 0 Å². The van der Waals surface area contributed by atoms with Crippen LogP contribution in [0.25, 0.3) is 5.65 Å². The normalized spacial score (nSPS) is 17.3. The molecule has 0 saturated carbocycles. The Morgan fingerprint density at radius 2 is 1.75 bits per heavy atom. The summed E-state index contributed by atoms with van der Waals surface area (Å²) in [5.74, 6) is -1.41. The van der Waals surface area contributed by atoms with Gasteiger partial charge in [-0.1, -0.05) is 38.8 Å². The third kappa shape index (κ3) is 9.35. The summed E-state index contributed by atoms with van der Waals surface area (Å²) in [6, 6.07) is 10.2. The second-order valence-electron chi connectivity index (χ2n) is 16.3. The van der Waals surface area contributed by atoms with Gasteiger partial charge >= 0.3 is 6.01 Å². The smallest absolute Gasteiger partial charge is 0.322 e. The van der Waals surface area contributed by atoms with Gasteiger partial charge in [0.15, 0.2) is 5.65 Å². The van der Waals surface area contributed by atoms with Gasteiger partial charge in [0, 0.05) is 75.7 Å². The Hall–Kier alpha value is -6.10. The Labute approximate surface area is 349 Å². The fourth-order valence-corrected chi connectivity index (χ4v) is 7.96. The Bertz CT molecular complexity index is 2260. The van der Waals surface area contributed by atoms with Crippen molar-refractivity contribution in [1.29, 1.82) is 0 Å². The maximum absolute atomic E-state index is 13.3. The number of carbonyl (C=O) groups is 5. The minimum absolute atomic E-state index is 0.0572. The summed E-state index contributed by atoms with van der Waals surface area (Å²) < 4.78 is 8.05. The summed E-state index contributed by atoms with van der Waals surface area (Å²) in [5, 5.41) is 16.6. The summed E-state index contributed by atoms with van der Waals surface area (Å²) in [6.45, 7) is 7.19. The number of hydrogen-bond acceptors (Lipinski definition) is 13. The van der Waals surface area contributed by atoms with Gasteiger partial charge in [0.25, 0.3) is 11.8 Å². The summed E-state index contributed by atoms with van der Waals surface area (Å²) in [7, 11) is 6.06. The first-order valence-corrected chi connectivity index (χ1v) is 20.9. The van der Waals surface area contributed by atoms with Gasteiger partial charge in [-0.25, -0.2) is 0 Å². The largest absolute Gasteiger partial charge is 0.460 e. The first-order chi connectivity index (χ1) is 28.9. The highest BCUT2D eigenvalue weighted by Crippen LogP contribution is 2.33. The Kier molecular flexibility index (Phi) is 12.9. The minimum atomic E-state index is -1.01. The van der Waals surface area contributed by atoms with E-state index in [9.17, 15) is 24.0 Å². The first kappa shape index (κ1) is 42.0. The maximum atomic E-state index is 13.3. The van der Waals surface area contributed by atoms with E-state index in [-0.39, 0.29) is 41.9 Å². The van der Waals surface area contributed by atoms with Crippen LogP contribution < -0.4 is 30.9 Å². The molecule has 1 unspecified atom stereocenters. The van der Waals surface area contributed by atoms with E-state index < -0.39 is 29.7 Å². The van der Waals surface area contributed by atoms with Crippen LogP contribution in [0.15, 0.2) is 42.6 Å². The fourth-order valence-electron chi connectivity index (χ4n) is 7.96. The number of unbranched alkanes of at least 4 members (excludes halogenated alkanes) is 3. The molecule has 5 amide bonds. The highest BCUT2D eigenvalue weighted by atomic mass is 16.5. The number of aromatic nitrogens is 4. The van der Waals surface area contributed by atoms with Gasteiger partial charge in [-0.15, -0.1) is 0 Å². The molecule has 0 spiro atoms. The lowest BCUT2D eigenvalue weighted by Crippen LogP contribution is -2.54. The average molecular weight is 822 g/mol. The SMILES string of the molecule is CC(C)c1cnn2c(NCc3ccc(NC(=O)CCCCCCNc4cccc5c4C(=O)N(C4CCC(=O)NC4=O)C5=O)cc3N(C)C)nc(OC3CCN(C)CC3)nc12. The Morgan fingerprint density at radius 3 is 2.50 bits per heavy atom. The van der Waals surface area contributed by atoms with Gasteiger partial charge in [0.05, 0.1) is 17.3 Å². The predicted molar refractivity (Wildman–Crippen MR) is 227 cm³/mol. The van der Waals surface area contributed by atoms with Crippen molar-refractivity contribution in [3.8, 4) is 6.01 Å². The second kappa shape index (κ2) is 18.4. The van der Waals surface area contributed by atoms with Gasteiger partial charge < -0.3 is 30.5 Å². The van der Waals surface area contributed by atoms with Crippen molar-refractivity contribution < 1.29 is 28.7 Å². The molecule has 2 fully saturated rings. The molecule has 2 aromatic heterocycles. The summed E-state index contributed by atoms with van der Waals surface area (Å²) >= 11 is 0. The van der Waals surface area contributed by atoms with Crippen LogP contribution >= 0.6 is 0 Å². The minimum Gasteiger partial charge on any atom is -0.460 e. The molecule has 7 rings (SSSR count). The summed E-state index contributed by atoms with van der Waals surface area (Å²) in [4.78, 5) is 78.3. The van der Waals surface area contributed by atoms with Crippen molar-refractivity contribution in [3.63, 3.8) is 0 Å². The predicted octanol–water partition coefficient (Wildman–Crippen LogP) is 4.80. The monoisotopic (exact) mass is 821 g/mol. The first-order valence-electron chi connectivity index (χ1n) is 20.9. The number of anilines is 4. The molecule has 318 valence electrons. The average Bonchev–Trinajstić information content (AvgIpc) is 3.76. The van der Waals surface area contributed by atoms with Crippen LogP contribution in [0.5, 0.6) is 6.01 Å². The Balaban J connectivity index is 0.884. The zero-order valence-electron chi connectivity index (χ0n) is 35.0. The van der Waals surface area contributed by atoms with E-state index in [1.807, 2.05) is 43.4 Å². The molecule has 2 saturated heterocycles. The van der Waals surface area contributed by atoms with Crippen molar-refractivity contribution in [2.45, 2.75) is 96.2 Å². The molecular weight excluding hydrogens is 767 g/mol. The van der Waals surface area contributed by atoms with Crippen LogP contribution in [-0.2, 0) is 20.9 Å². The van der Waals surface area contributed by atoms with Gasteiger partial charge in [0.2, 0.25) is 23.7 Å². The van der Waals surface area contributed by atoms with Gasteiger partial charge in [-0.3, -0.25) is 34.2 Å². The number of ether oxygens (including phenoxy) is 1. The quantitative estimate of drug-likeness (QED) is 0.0839. The van der Waals surface area contributed by atoms with E-state index in [1.165, 1.54) is 0 Å². The van der Waals surface area contributed by atoms with Gasteiger partial charge in [-0.2, -0.15) is 19.6 Å². The molecule has 1 atom stereocenters. The number of piperidine rings is 2. The van der Waals surface area contributed by atoms with Crippen LogP contribution in [0.3, 0.4) is 0 Å². The highest BCUT2D eigenvalue weighted by molar-refractivity contribution is 6.25. The number of rotatable bonds is 17. The third-order valence-corrected chi connectivity index (χ3v) is 11.3. The number of nitrogens with one attached hydrogen (secondary N) is 4. The molecule has 3 aliphatic rings. The van der Waals surface area contributed by atoms with Crippen molar-refractivity contribution in [2.24, 2.45) is 0 Å². The molecule has 3 aliphatic heterocycles. The number of imide groups is 2. The molecule has 60 heavy (non-hydrogen) atoms. The molecule has 5 heterocycles. The van der Waals surface area contributed by atoms with Crippen LogP contribution in [0.2, 0.25) is 0 Å². The molecule has 17 nitrogen and oxygen atoms in total. The topological polar surface area (TPSA) is 196 Å². The van der Waals surface area contributed by atoms with E-state index in [2.05, 4.69) is 52.2 Å². The number of hydrogen-bond donors (Lipinski definition) is 4. The molecule has 17 heteroatoms. The van der Waals surface area contributed by atoms with E-state index in [4.69, 9.17) is 14.7 Å². The van der Waals surface area contributed by atoms with Crippen LogP contribution in [-0.4, -0.2) is 112 Å². The zero-order valence-corrected chi connectivity index (χ0v) is 35.0. The van der Waals surface area contributed by atoms with E-state index in [1.54, 1.807) is 22.7 Å². The van der Waals surface area contributed by atoms with Crippen molar-refractivity contribution >= 4 is 58.2 Å².